The van der Waals surface area contributed by atoms with Crippen molar-refractivity contribution >= 4 is 22.9 Å². The van der Waals surface area contributed by atoms with Gasteiger partial charge in [0, 0.05) is 11.3 Å². The molecule has 0 aliphatic rings. The molecule has 0 bridgehead atoms. The molecule has 0 fully saturated rings. The van der Waals surface area contributed by atoms with Gasteiger partial charge >= 0.3 is 6.18 Å². The zero-order valence-electron chi connectivity index (χ0n) is 15.2. The van der Waals surface area contributed by atoms with Gasteiger partial charge in [-0.25, -0.2) is 9.07 Å². The van der Waals surface area contributed by atoms with E-state index in [9.17, 15) is 22.4 Å². The number of aromatic nitrogens is 2. The number of carbonyl (C=O) groups is 1. The summed E-state index contributed by atoms with van der Waals surface area (Å²) >= 11 is 1.31. The fourth-order valence-electron chi connectivity index (χ4n) is 2.81. The summed E-state index contributed by atoms with van der Waals surface area (Å²) in [6, 6.07) is 15.8. The monoisotopic (exact) mass is 431 g/mol. The van der Waals surface area contributed by atoms with Crippen LogP contribution in [-0.2, 0) is 6.18 Å². The number of nitrogens with one attached hydrogen (secondary N) is 1. The van der Waals surface area contributed by atoms with Gasteiger partial charge in [0.15, 0.2) is 5.69 Å². The Morgan fingerprint density at radius 3 is 2.30 bits per heavy atom. The molecule has 1 N–H and O–H groups in total. The van der Waals surface area contributed by atoms with Crippen LogP contribution in [0.1, 0.15) is 16.1 Å². The van der Waals surface area contributed by atoms with Gasteiger partial charge in [-0.3, -0.25) is 4.79 Å². The number of hydrogen-bond acceptors (Lipinski definition) is 3. The van der Waals surface area contributed by atoms with Gasteiger partial charge in [0.25, 0.3) is 5.91 Å². The van der Waals surface area contributed by atoms with E-state index >= 15 is 0 Å². The van der Waals surface area contributed by atoms with Crippen LogP contribution in [-0.4, -0.2) is 15.7 Å². The number of carbonyl (C=O) groups excluding carboxylic acids is 1. The molecule has 2 heterocycles. The van der Waals surface area contributed by atoms with E-state index in [1.165, 1.54) is 40.3 Å². The van der Waals surface area contributed by atoms with Crippen molar-refractivity contribution in [3.8, 4) is 16.3 Å². The van der Waals surface area contributed by atoms with E-state index in [1.54, 1.807) is 41.8 Å². The number of anilines is 1. The number of amides is 1. The van der Waals surface area contributed by atoms with Crippen LogP contribution in [0.3, 0.4) is 0 Å². The number of nitrogens with zero attached hydrogens (tertiary/aromatic N) is 2. The average Bonchev–Trinajstić information content (AvgIpc) is 3.38. The lowest BCUT2D eigenvalue weighted by Gasteiger charge is -2.09. The average molecular weight is 431 g/mol. The third-order valence-electron chi connectivity index (χ3n) is 4.25. The predicted octanol–water partition coefficient (Wildman–Crippen LogP) is 6.01. The molecule has 0 atom stereocenters. The summed E-state index contributed by atoms with van der Waals surface area (Å²) in [5.74, 6) is -0.879. The normalized spacial score (nSPS) is 11.5. The quantitative estimate of drug-likeness (QED) is 0.402. The third kappa shape index (κ3) is 4.11. The van der Waals surface area contributed by atoms with Gasteiger partial charge < -0.3 is 5.32 Å². The molecular weight excluding hydrogens is 418 g/mol. The largest absolute Gasteiger partial charge is 0.435 e. The van der Waals surface area contributed by atoms with Gasteiger partial charge in [0.2, 0.25) is 0 Å². The fraction of sp³-hybridized carbons (Fsp3) is 0.0476. The fourth-order valence-corrected chi connectivity index (χ4v) is 3.53. The maximum atomic E-state index is 13.2. The first-order chi connectivity index (χ1) is 14.3. The molecule has 4 aromatic rings. The minimum atomic E-state index is -4.57. The Bertz CT molecular complexity index is 1160. The van der Waals surface area contributed by atoms with Crippen molar-refractivity contribution < 1.29 is 22.4 Å². The minimum absolute atomic E-state index is 0.280. The Morgan fingerprint density at radius 2 is 1.70 bits per heavy atom. The van der Waals surface area contributed by atoms with Gasteiger partial charge in [0.05, 0.1) is 16.3 Å². The van der Waals surface area contributed by atoms with E-state index in [1.807, 2.05) is 0 Å². The summed E-state index contributed by atoms with van der Waals surface area (Å²) in [6.07, 6.45) is -4.57. The first-order valence-electron chi connectivity index (χ1n) is 8.70. The summed E-state index contributed by atoms with van der Waals surface area (Å²) in [4.78, 5) is 12.9. The van der Waals surface area contributed by atoms with E-state index < -0.39 is 23.6 Å². The molecule has 2 aromatic heterocycles. The van der Waals surface area contributed by atoms with Crippen molar-refractivity contribution in [2.24, 2.45) is 0 Å². The van der Waals surface area contributed by atoms with Gasteiger partial charge in [-0.15, -0.1) is 11.3 Å². The Hall–Kier alpha value is -3.46. The molecule has 0 radical (unpaired) electrons. The number of hydrogen-bond donors (Lipinski definition) is 1. The van der Waals surface area contributed by atoms with Crippen molar-refractivity contribution in [3.63, 3.8) is 0 Å². The maximum absolute atomic E-state index is 13.2. The molecule has 0 aliphatic carbocycles. The number of halogens is 4. The first-order valence-corrected chi connectivity index (χ1v) is 9.58. The zero-order valence-corrected chi connectivity index (χ0v) is 16.0. The highest BCUT2D eigenvalue weighted by atomic mass is 32.1. The van der Waals surface area contributed by atoms with Gasteiger partial charge in [-0.2, -0.15) is 18.3 Å². The number of thiophene rings is 1. The molecule has 4 rings (SSSR count). The lowest BCUT2D eigenvalue weighted by molar-refractivity contribution is -0.141. The van der Waals surface area contributed by atoms with Crippen LogP contribution >= 0.6 is 11.3 Å². The van der Waals surface area contributed by atoms with E-state index in [0.717, 1.165) is 6.07 Å². The summed E-state index contributed by atoms with van der Waals surface area (Å²) < 4.78 is 53.8. The molecule has 0 saturated heterocycles. The van der Waals surface area contributed by atoms with E-state index in [-0.39, 0.29) is 5.56 Å². The van der Waals surface area contributed by atoms with Crippen LogP contribution in [0.15, 0.2) is 72.1 Å². The van der Waals surface area contributed by atoms with Crippen molar-refractivity contribution in [1.29, 1.82) is 0 Å². The molecule has 4 nitrogen and oxygen atoms in total. The number of benzene rings is 2. The highest BCUT2D eigenvalue weighted by Gasteiger charge is 2.35. The van der Waals surface area contributed by atoms with Gasteiger partial charge in [-0.05, 0) is 66.0 Å². The van der Waals surface area contributed by atoms with Gasteiger partial charge in [-0.1, -0.05) is 6.07 Å². The van der Waals surface area contributed by atoms with Crippen molar-refractivity contribution in [3.05, 3.63) is 89.2 Å². The van der Waals surface area contributed by atoms with Crippen LogP contribution in [0.5, 0.6) is 0 Å². The molecule has 0 unspecified atom stereocenters. The second kappa shape index (κ2) is 7.75. The van der Waals surface area contributed by atoms with Gasteiger partial charge in [0.1, 0.15) is 5.82 Å². The molecular formula is C21H13F4N3OS. The summed E-state index contributed by atoms with van der Waals surface area (Å²) in [5, 5.41) is 8.16. The highest BCUT2D eigenvalue weighted by Crippen LogP contribution is 2.34. The molecule has 0 aliphatic heterocycles. The van der Waals surface area contributed by atoms with Crippen LogP contribution in [0, 0.1) is 5.82 Å². The standard InChI is InChI=1S/C21H13F4N3OS/c22-14-5-3-13(4-6-14)20(29)26-15-7-9-16(10-8-15)28-17(18-2-1-11-30-18)12-19(27-28)21(23,24)25/h1-12H,(H,26,29). The molecule has 1 amide bonds. The first kappa shape index (κ1) is 19.8. The van der Waals surface area contributed by atoms with E-state index in [4.69, 9.17) is 0 Å². The van der Waals surface area contributed by atoms with Crippen molar-refractivity contribution in [2.75, 3.05) is 5.32 Å². The second-order valence-corrected chi connectivity index (χ2v) is 7.26. The molecule has 152 valence electrons. The second-order valence-electron chi connectivity index (χ2n) is 6.31. The number of alkyl halides is 3. The Labute approximate surface area is 172 Å². The maximum Gasteiger partial charge on any atom is 0.435 e. The zero-order chi connectivity index (χ0) is 21.3. The van der Waals surface area contributed by atoms with Crippen LogP contribution in [0.25, 0.3) is 16.3 Å². The summed E-state index contributed by atoms with van der Waals surface area (Å²) in [6.45, 7) is 0. The third-order valence-corrected chi connectivity index (χ3v) is 5.14. The molecule has 0 spiro atoms. The SMILES string of the molecule is O=C(Nc1ccc(-n2nc(C(F)(F)F)cc2-c2cccs2)cc1)c1ccc(F)cc1. The summed E-state index contributed by atoms with van der Waals surface area (Å²) in [5.41, 5.74) is 0.463. The molecule has 30 heavy (non-hydrogen) atoms. The predicted molar refractivity (Wildman–Crippen MR) is 106 cm³/mol. The Kier molecular flexibility index (Phi) is 5.13. The smallest absolute Gasteiger partial charge is 0.322 e. The Morgan fingerprint density at radius 1 is 1.00 bits per heavy atom. The number of rotatable bonds is 4. The highest BCUT2D eigenvalue weighted by molar-refractivity contribution is 7.13. The van der Waals surface area contributed by atoms with Crippen molar-refractivity contribution in [1.82, 2.24) is 9.78 Å². The lowest BCUT2D eigenvalue weighted by Crippen LogP contribution is -2.12. The van der Waals surface area contributed by atoms with E-state index in [2.05, 4.69) is 10.4 Å². The topological polar surface area (TPSA) is 46.9 Å². The van der Waals surface area contributed by atoms with Crippen LogP contribution < -0.4 is 5.32 Å². The lowest BCUT2D eigenvalue weighted by atomic mass is 10.2. The molecule has 2 aromatic carbocycles. The van der Waals surface area contributed by atoms with Crippen molar-refractivity contribution in [2.45, 2.75) is 6.18 Å². The van der Waals surface area contributed by atoms with E-state index in [0.29, 0.717) is 21.9 Å². The van der Waals surface area contributed by atoms with Crippen LogP contribution in [0.4, 0.5) is 23.2 Å². The Balaban J connectivity index is 1.62. The molecule has 9 heteroatoms. The van der Waals surface area contributed by atoms with Crippen LogP contribution in [0.2, 0.25) is 0 Å². The summed E-state index contributed by atoms with van der Waals surface area (Å²) in [7, 11) is 0. The minimum Gasteiger partial charge on any atom is -0.322 e. The molecule has 0 saturated carbocycles.